The second-order valence-corrected chi connectivity index (χ2v) is 20.4. The number of para-hydroxylation sites is 1. The van der Waals surface area contributed by atoms with Crippen LogP contribution in [0.25, 0.3) is 120 Å². The van der Waals surface area contributed by atoms with Crippen LogP contribution in [0.3, 0.4) is 0 Å². The van der Waals surface area contributed by atoms with E-state index < -0.39 is 0 Å². The molecule has 0 atom stereocenters. The van der Waals surface area contributed by atoms with Crippen LogP contribution in [0.5, 0.6) is 0 Å². The highest BCUT2D eigenvalue weighted by molar-refractivity contribution is 14.1. The topological polar surface area (TPSA) is 77.3 Å². The molecule has 0 aliphatic rings. The van der Waals surface area contributed by atoms with Gasteiger partial charge in [0.15, 0.2) is 0 Å². The minimum absolute atomic E-state index is 0.947. The van der Waals surface area contributed by atoms with Gasteiger partial charge in [-0.1, -0.05) is 18.2 Å². The summed E-state index contributed by atoms with van der Waals surface area (Å²) in [4.78, 5) is 30.7. The number of benzene rings is 6. The van der Waals surface area contributed by atoms with Crippen LogP contribution in [0.15, 0.2) is 97.2 Å². The van der Waals surface area contributed by atoms with Crippen LogP contribution < -0.4 is 0 Å². The molecule has 0 aliphatic carbocycles. The maximum atomic E-state index is 5.31. The van der Waals surface area contributed by atoms with Crippen molar-refractivity contribution < 1.29 is 0 Å². The van der Waals surface area contributed by atoms with Crippen LogP contribution in [-0.4, -0.2) is 29.9 Å². The van der Waals surface area contributed by atoms with Gasteiger partial charge < -0.3 is 0 Å². The largest absolute Gasteiger partial charge is 0.256 e. The fraction of sp³-hybridized carbons (Fsp3) is 0. The normalized spacial score (nSPS) is 12.5. The molecule has 0 radical (unpaired) electrons. The molecular formula is C44H16I6N6. The monoisotopic (exact) mass is 1390 g/mol. The van der Waals surface area contributed by atoms with Gasteiger partial charge in [-0.3, -0.25) is 4.98 Å². The second kappa shape index (κ2) is 13.0. The maximum Gasteiger partial charge on any atom is 0.0728 e. The van der Waals surface area contributed by atoms with Crippen molar-refractivity contribution in [2.45, 2.75) is 0 Å². The highest BCUT2D eigenvalue weighted by Crippen LogP contribution is 2.40. The van der Waals surface area contributed by atoms with E-state index in [1.54, 1.807) is 0 Å². The minimum Gasteiger partial charge on any atom is -0.256 e. The molecule has 0 bridgehead atoms. The van der Waals surface area contributed by atoms with Gasteiger partial charge in [0.25, 0.3) is 0 Å². The lowest BCUT2D eigenvalue weighted by Crippen LogP contribution is -1.95. The molecule has 0 spiro atoms. The quantitative estimate of drug-likeness (QED) is 0.111. The Morgan fingerprint density at radius 3 is 0.929 bits per heavy atom. The van der Waals surface area contributed by atoms with E-state index >= 15 is 0 Å². The summed E-state index contributed by atoms with van der Waals surface area (Å²) >= 11 is 14.7. The third-order valence-corrected chi connectivity index (χ3v) is 17.5. The molecule has 0 aliphatic heterocycles. The number of hydrogen-bond donors (Lipinski definition) is 0. The van der Waals surface area contributed by atoms with Gasteiger partial charge in [-0.2, -0.15) is 0 Å². The lowest BCUT2D eigenvalue weighted by molar-refractivity contribution is 1.40. The van der Waals surface area contributed by atoms with E-state index in [0.29, 0.717) is 0 Å². The number of fused-ring (bicyclic) bond motifs is 11. The minimum atomic E-state index is 0.947. The first-order chi connectivity index (χ1) is 27.2. The van der Waals surface area contributed by atoms with Gasteiger partial charge in [-0.15, -0.1) is 0 Å². The third kappa shape index (κ3) is 5.22. The standard InChI is InChI=1S/C44H16I6N6/c45-28-5-6-51-30-8-19-31(7-18(28)30)53-34-12-23-35(11-22(34)41(19)47)55-38-16-27-39(15-26(38)43(23)49)56-37-13-24-36(14-25(37)44(27)50)54-33-9-20-32(10-21(33)42(24)48)52-29-4-2-1-3-17(29)40(20)46/h1-16H. The van der Waals surface area contributed by atoms with E-state index in [0.717, 1.165) is 134 Å². The zero-order valence-electron chi connectivity index (χ0n) is 28.2. The summed E-state index contributed by atoms with van der Waals surface area (Å²) in [6.45, 7) is 0. The van der Waals surface area contributed by atoms with E-state index in [2.05, 4.69) is 219 Å². The highest BCUT2D eigenvalue weighted by Gasteiger charge is 2.19. The lowest BCUT2D eigenvalue weighted by atomic mass is 10.0. The van der Waals surface area contributed by atoms with Gasteiger partial charge in [-0.25, -0.2) is 24.9 Å². The zero-order chi connectivity index (χ0) is 37.7. The van der Waals surface area contributed by atoms with Crippen molar-refractivity contribution in [1.29, 1.82) is 0 Å². The van der Waals surface area contributed by atoms with Crippen molar-refractivity contribution in [3.05, 3.63) is 119 Å². The first kappa shape index (κ1) is 35.4. The smallest absolute Gasteiger partial charge is 0.0728 e. The summed E-state index contributed by atoms with van der Waals surface area (Å²) in [5, 5.41) is 12.1. The van der Waals surface area contributed by atoms with Gasteiger partial charge in [0.1, 0.15) is 0 Å². The van der Waals surface area contributed by atoms with Crippen LogP contribution in [0, 0.1) is 21.4 Å². The number of hydrogen-bond acceptors (Lipinski definition) is 6. The molecule has 6 nitrogen and oxygen atoms in total. The van der Waals surface area contributed by atoms with E-state index in [4.69, 9.17) is 24.9 Å². The summed E-state index contributed by atoms with van der Waals surface area (Å²) in [6, 6.07) is 32.4. The SMILES string of the molecule is Ic1ccnc2cc3c(I)c4cc5nc6cc7c(I)c8cc9nc%10cc%11c(I)c%12ccccc%12nc%11cc%10c(I)c9cc8nc7cc6c(I)c5cc4nc3cc12. The molecule has 12 rings (SSSR count). The van der Waals surface area contributed by atoms with Crippen molar-refractivity contribution in [1.82, 2.24) is 29.9 Å². The fourth-order valence-electron chi connectivity index (χ4n) is 8.00. The lowest BCUT2D eigenvalue weighted by Gasteiger charge is -2.13. The van der Waals surface area contributed by atoms with Gasteiger partial charge in [0.05, 0.1) is 60.7 Å². The molecular weight excluding hydrogens is 1370 g/mol. The molecule has 0 amide bonds. The van der Waals surface area contributed by atoms with E-state index in [1.165, 1.54) is 7.14 Å². The predicted octanol–water partition coefficient (Wildman–Crippen LogP) is 14.4. The second-order valence-electron chi connectivity index (χ2n) is 13.9. The van der Waals surface area contributed by atoms with Crippen molar-refractivity contribution in [3.8, 4) is 0 Å². The molecule has 56 heavy (non-hydrogen) atoms. The van der Waals surface area contributed by atoms with Crippen molar-refractivity contribution in [2.75, 3.05) is 0 Å². The number of halogens is 6. The van der Waals surface area contributed by atoms with E-state index in [1.807, 2.05) is 18.3 Å². The Kier molecular flexibility index (Phi) is 8.21. The summed E-state index contributed by atoms with van der Waals surface area (Å²) < 4.78 is 6.96. The number of pyridine rings is 6. The summed E-state index contributed by atoms with van der Waals surface area (Å²) in [6.07, 6.45) is 1.87. The molecule has 6 aromatic heterocycles. The van der Waals surface area contributed by atoms with Crippen LogP contribution in [-0.2, 0) is 0 Å². The van der Waals surface area contributed by atoms with Crippen LogP contribution in [0.4, 0.5) is 0 Å². The van der Waals surface area contributed by atoms with E-state index in [9.17, 15) is 0 Å². The Labute approximate surface area is 398 Å². The molecule has 0 fully saturated rings. The highest BCUT2D eigenvalue weighted by atomic mass is 127. The molecule has 6 heterocycles. The maximum absolute atomic E-state index is 5.31. The fourth-order valence-corrected chi connectivity index (χ4v) is 12.9. The Hall–Kier alpha value is -2.54. The Morgan fingerprint density at radius 2 is 0.554 bits per heavy atom. The molecule has 0 saturated heterocycles. The predicted molar refractivity (Wildman–Crippen MR) is 282 cm³/mol. The summed E-state index contributed by atoms with van der Waals surface area (Å²) in [5.41, 5.74) is 10.6. The Balaban J connectivity index is 1.07. The molecule has 0 unspecified atom stereocenters. The van der Waals surface area contributed by atoms with Crippen LogP contribution in [0.1, 0.15) is 0 Å². The first-order valence-electron chi connectivity index (χ1n) is 17.3. The van der Waals surface area contributed by atoms with Crippen molar-refractivity contribution in [2.24, 2.45) is 0 Å². The van der Waals surface area contributed by atoms with Crippen LogP contribution >= 0.6 is 136 Å². The van der Waals surface area contributed by atoms with Gasteiger partial charge in [0.2, 0.25) is 0 Å². The van der Waals surface area contributed by atoms with Crippen LogP contribution in [0.2, 0.25) is 0 Å². The molecule has 6 aromatic carbocycles. The number of rotatable bonds is 0. The number of nitrogens with zero attached hydrogens (tertiary/aromatic N) is 6. The summed E-state index contributed by atoms with van der Waals surface area (Å²) in [7, 11) is 0. The molecule has 0 saturated carbocycles. The zero-order valence-corrected chi connectivity index (χ0v) is 41.1. The first-order valence-corrected chi connectivity index (χ1v) is 23.8. The Morgan fingerprint density at radius 1 is 0.268 bits per heavy atom. The third-order valence-electron chi connectivity index (χ3n) is 10.7. The Bertz CT molecular complexity index is 3860. The average Bonchev–Trinajstić information content (AvgIpc) is 3.20. The van der Waals surface area contributed by atoms with Crippen molar-refractivity contribution in [3.63, 3.8) is 0 Å². The average molecular weight is 1390 g/mol. The van der Waals surface area contributed by atoms with Crippen molar-refractivity contribution >= 4 is 255 Å². The molecule has 264 valence electrons. The molecule has 12 aromatic rings. The summed E-state index contributed by atoms with van der Waals surface area (Å²) in [5.74, 6) is 0. The molecule has 12 heteroatoms. The van der Waals surface area contributed by atoms with Gasteiger partial charge in [0, 0.05) is 86.9 Å². The number of aromatic nitrogens is 6. The van der Waals surface area contributed by atoms with Gasteiger partial charge in [-0.05, 0) is 208 Å². The molecule has 0 N–H and O–H groups in total. The van der Waals surface area contributed by atoms with E-state index in [-0.39, 0.29) is 0 Å². The van der Waals surface area contributed by atoms with Gasteiger partial charge >= 0.3 is 0 Å².